The Morgan fingerprint density at radius 2 is 1.88 bits per heavy atom. The van der Waals surface area contributed by atoms with Crippen LogP contribution in [0.4, 0.5) is 0 Å². The SMILES string of the molecule is COc1ccc2nc3c(nc2c1)O[C@H]1CN(C(=O)[C@H](C(C)(C)C)CC(=O)O[C@]2(C)C[C@H]2CCCCC3)[C@H](C=O)[C@@H]1OC. The predicted octanol–water partition coefficient (Wildman–Crippen LogP) is 4.30. The first-order valence-electron chi connectivity index (χ1n) is 15.0. The van der Waals surface area contributed by atoms with Crippen LogP contribution >= 0.6 is 0 Å². The van der Waals surface area contributed by atoms with Crippen molar-refractivity contribution in [2.75, 3.05) is 20.8 Å². The van der Waals surface area contributed by atoms with Gasteiger partial charge in [-0.05, 0) is 50.2 Å². The van der Waals surface area contributed by atoms with Crippen LogP contribution in [0, 0.1) is 17.3 Å². The van der Waals surface area contributed by atoms with Crippen molar-refractivity contribution in [1.29, 1.82) is 0 Å². The number of hydrogen-bond acceptors (Lipinski definition) is 9. The third kappa shape index (κ3) is 6.09. The number of rotatable bonds is 3. The van der Waals surface area contributed by atoms with E-state index in [4.69, 9.17) is 28.9 Å². The number of methoxy groups -OCH3 is 2. The van der Waals surface area contributed by atoms with Gasteiger partial charge in [0.25, 0.3) is 0 Å². The lowest BCUT2D eigenvalue weighted by molar-refractivity contribution is -0.158. The Balaban J connectivity index is 1.52. The van der Waals surface area contributed by atoms with Crippen molar-refractivity contribution < 1.29 is 33.3 Å². The number of nitrogens with zero attached hydrogens (tertiary/aromatic N) is 3. The average molecular weight is 582 g/mol. The molecule has 0 N–H and O–H groups in total. The van der Waals surface area contributed by atoms with Crippen LogP contribution in [0.5, 0.6) is 11.6 Å². The summed E-state index contributed by atoms with van der Waals surface area (Å²) < 4.78 is 23.6. The van der Waals surface area contributed by atoms with Crippen LogP contribution < -0.4 is 9.47 Å². The molecular formula is C32H43N3O7. The zero-order valence-corrected chi connectivity index (χ0v) is 25.6. The highest BCUT2D eigenvalue weighted by Gasteiger charge is 2.54. The monoisotopic (exact) mass is 581 g/mol. The van der Waals surface area contributed by atoms with Gasteiger partial charge in [-0.25, -0.2) is 9.97 Å². The van der Waals surface area contributed by atoms with Crippen LogP contribution in [-0.2, 0) is 30.3 Å². The fraction of sp³-hybridized carbons (Fsp3) is 0.656. The number of amides is 1. The first-order valence-corrected chi connectivity index (χ1v) is 15.0. The first-order chi connectivity index (χ1) is 20.0. The maximum atomic E-state index is 14.1. The van der Waals surface area contributed by atoms with E-state index in [0.717, 1.165) is 49.6 Å². The molecule has 2 bridgehead atoms. The maximum Gasteiger partial charge on any atom is 0.307 e. The van der Waals surface area contributed by atoms with E-state index < -0.39 is 35.2 Å². The van der Waals surface area contributed by atoms with E-state index in [-0.39, 0.29) is 24.8 Å². The Hall–Kier alpha value is -3.27. The molecule has 2 fully saturated rings. The van der Waals surface area contributed by atoms with Crippen LogP contribution in [0.15, 0.2) is 18.2 Å². The summed E-state index contributed by atoms with van der Waals surface area (Å²) >= 11 is 0. The molecule has 3 heterocycles. The van der Waals surface area contributed by atoms with Crippen LogP contribution in [0.25, 0.3) is 11.0 Å². The number of aldehydes is 1. The van der Waals surface area contributed by atoms with Gasteiger partial charge < -0.3 is 28.6 Å². The summed E-state index contributed by atoms with van der Waals surface area (Å²) in [7, 11) is 3.10. The van der Waals surface area contributed by atoms with Gasteiger partial charge in [0.1, 0.15) is 41.6 Å². The minimum Gasteiger partial charge on any atom is -0.497 e. The third-order valence-electron chi connectivity index (χ3n) is 9.19. The van der Waals surface area contributed by atoms with Gasteiger partial charge in [-0.15, -0.1) is 0 Å². The summed E-state index contributed by atoms with van der Waals surface area (Å²) in [6.45, 7) is 7.88. The number of aromatic nitrogens is 2. The van der Waals surface area contributed by atoms with Gasteiger partial charge in [0, 0.05) is 19.1 Å². The third-order valence-corrected chi connectivity index (χ3v) is 9.19. The van der Waals surface area contributed by atoms with E-state index in [1.165, 1.54) is 12.0 Å². The number of benzene rings is 1. The van der Waals surface area contributed by atoms with Crippen molar-refractivity contribution in [3.05, 3.63) is 23.9 Å². The van der Waals surface area contributed by atoms with E-state index >= 15 is 0 Å². The zero-order valence-electron chi connectivity index (χ0n) is 25.6. The lowest BCUT2D eigenvalue weighted by atomic mass is 9.77. The number of hydrogen-bond donors (Lipinski definition) is 0. The van der Waals surface area contributed by atoms with Crippen molar-refractivity contribution >= 4 is 29.2 Å². The van der Waals surface area contributed by atoms with Gasteiger partial charge >= 0.3 is 5.97 Å². The minimum absolute atomic E-state index is 0.0575. The Labute approximate surface area is 247 Å². The fourth-order valence-electron chi connectivity index (χ4n) is 6.44. The number of carbonyl (C=O) groups excluding carboxylic acids is 3. The average Bonchev–Trinajstić information content (AvgIpc) is 3.43. The van der Waals surface area contributed by atoms with Gasteiger partial charge in [0.2, 0.25) is 11.8 Å². The van der Waals surface area contributed by atoms with E-state index in [2.05, 4.69) is 0 Å². The quantitative estimate of drug-likeness (QED) is 0.386. The predicted molar refractivity (Wildman–Crippen MR) is 155 cm³/mol. The standard InChI is InChI=1S/C32H43N3O7/c1-31(2,3)21-15-27(37)42-32(4)16-19(32)10-8-7-9-11-23-29(34-24-14-20(39-5)12-13-22(24)33-23)41-26-17-35(30(21)38)25(18-36)28(26)40-6/h12-14,18-19,21,25-26,28H,7-11,15-17H2,1-6H3/t19-,21-,25-,26+,28+,32-/m1/s1. The summed E-state index contributed by atoms with van der Waals surface area (Å²) in [6.07, 6.45) is 4.66. The second-order valence-corrected chi connectivity index (χ2v) is 13.2. The fourth-order valence-corrected chi connectivity index (χ4v) is 6.44. The highest BCUT2D eigenvalue weighted by atomic mass is 16.6. The maximum absolute atomic E-state index is 14.1. The van der Waals surface area contributed by atoms with E-state index in [1.54, 1.807) is 7.11 Å². The van der Waals surface area contributed by atoms with E-state index in [0.29, 0.717) is 29.5 Å². The molecule has 2 aliphatic heterocycles. The highest BCUT2D eigenvalue weighted by molar-refractivity contribution is 5.87. The lowest BCUT2D eigenvalue weighted by Gasteiger charge is -2.34. The van der Waals surface area contributed by atoms with Crippen LogP contribution in [0.2, 0.25) is 0 Å². The van der Waals surface area contributed by atoms with Gasteiger partial charge in [-0.2, -0.15) is 0 Å². The molecule has 1 aromatic heterocycles. The van der Waals surface area contributed by atoms with Gasteiger partial charge in [0.15, 0.2) is 0 Å². The number of fused-ring (bicyclic) bond motifs is 5. The molecule has 1 saturated heterocycles. The van der Waals surface area contributed by atoms with Gasteiger partial charge in [-0.1, -0.05) is 33.6 Å². The molecule has 3 aliphatic rings. The molecule has 1 saturated carbocycles. The molecule has 0 radical (unpaired) electrons. The molecule has 42 heavy (non-hydrogen) atoms. The molecule has 2 aromatic rings. The Morgan fingerprint density at radius 1 is 1.10 bits per heavy atom. The van der Waals surface area contributed by atoms with Crippen molar-refractivity contribution in [3.63, 3.8) is 0 Å². The molecule has 1 aromatic carbocycles. The van der Waals surface area contributed by atoms with Crippen LogP contribution in [-0.4, -0.2) is 77.6 Å². The summed E-state index contributed by atoms with van der Waals surface area (Å²) in [5.41, 5.74) is 1.06. The van der Waals surface area contributed by atoms with Gasteiger partial charge in [0.05, 0.1) is 37.0 Å². The summed E-state index contributed by atoms with van der Waals surface area (Å²) in [5.74, 6) is -0.0129. The molecule has 10 heteroatoms. The normalized spacial score (nSPS) is 30.8. The number of esters is 1. The molecule has 5 rings (SSSR count). The van der Waals surface area contributed by atoms with Crippen molar-refractivity contribution in [2.45, 2.75) is 96.5 Å². The summed E-state index contributed by atoms with van der Waals surface area (Å²) in [5, 5.41) is 0. The Kier molecular flexibility index (Phi) is 8.47. The number of aryl methyl sites for hydroxylation is 1. The second-order valence-electron chi connectivity index (χ2n) is 13.2. The number of carbonyl (C=O) groups is 3. The zero-order chi connectivity index (χ0) is 30.2. The molecule has 0 spiro atoms. The molecular weight excluding hydrogens is 538 g/mol. The van der Waals surface area contributed by atoms with Crippen molar-refractivity contribution in [3.8, 4) is 11.6 Å². The minimum atomic E-state index is -0.877. The first kappa shape index (κ1) is 30.2. The highest BCUT2D eigenvalue weighted by Crippen LogP contribution is 2.50. The Bertz CT molecular complexity index is 1340. The topological polar surface area (TPSA) is 117 Å². The molecule has 10 nitrogen and oxygen atoms in total. The smallest absolute Gasteiger partial charge is 0.307 e. The largest absolute Gasteiger partial charge is 0.497 e. The molecule has 228 valence electrons. The number of ether oxygens (including phenoxy) is 4. The van der Waals surface area contributed by atoms with Gasteiger partial charge in [-0.3, -0.25) is 9.59 Å². The van der Waals surface area contributed by atoms with E-state index in [9.17, 15) is 14.4 Å². The van der Waals surface area contributed by atoms with Crippen LogP contribution in [0.3, 0.4) is 0 Å². The van der Waals surface area contributed by atoms with Crippen molar-refractivity contribution in [2.24, 2.45) is 17.3 Å². The molecule has 1 aliphatic carbocycles. The molecule has 1 amide bonds. The lowest BCUT2D eigenvalue weighted by Crippen LogP contribution is -2.47. The Morgan fingerprint density at radius 3 is 2.57 bits per heavy atom. The summed E-state index contributed by atoms with van der Waals surface area (Å²) in [6, 6.07) is 4.67. The van der Waals surface area contributed by atoms with Crippen molar-refractivity contribution in [1.82, 2.24) is 14.9 Å². The molecule has 0 unspecified atom stereocenters. The van der Waals surface area contributed by atoms with Crippen LogP contribution in [0.1, 0.15) is 71.9 Å². The summed E-state index contributed by atoms with van der Waals surface area (Å²) in [4.78, 5) is 50.9. The van der Waals surface area contributed by atoms with E-state index in [1.807, 2.05) is 45.9 Å². The second kappa shape index (κ2) is 11.8. The molecule has 6 atom stereocenters.